The Balaban J connectivity index is 2.16. The van der Waals surface area contributed by atoms with Crippen molar-refractivity contribution in [2.75, 3.05) is 4.72 Å². The number of nitrogens with one attached hydrogen (secondary N) is 1. The lowest BCUT2D eigenvalue weighted by Crippen LogP contribution is -2.13. The van der Waals surface area contributed by atoms with E-state index >= 15 is 0 Å². The van der Waals surface area contributed by atoms with E-state index in [-0.39, 0.29) is 11.3 Å². The second kappa shape index (κ2) is 5.70. The summed E-state index contributed by atoms with van der Waals surface area (Å²) in [6.07, 6.45) is 2.64. The molecule has 2 rings (SSSR count). The number of carbonyl (C=O) groups is 1. The first-order valence-corrected chi connectivity index (χ1v) is 7.19. The number of nitrogens with zero attached hydrogens (tertiary/aromatic N) is 1. The van der Waals surface area contributed by atoms with Crippen LogP contribution >= 0.6 is 0 Å². The van der Waals surface area contributed by atoms with E-state index in [1.807, 2.05) is 0 Å². The smallest absolute Gasteiger partial charge is 0.307 e. The van der Waals surface area contributed by atoms with Crippen LogP contribution in [0.15, 0.2) is 53.7 Å². The third kappa shape index (κ3) is 3.55. The molecule has 1 aromatic carbocycles. The molecule has 0 bridgehead atoms. The summed E-state index contributed by atoms with van der Waals surface area (Å²) < 4.78 is 26.4. The van der Waals surface area contributed by atoms with E-state index in [2.05, 4.69) is 9.71 Å². The maximum absolute atomic E-state index is 12.0. The van der Waals surface area contributed by atoms with Crippen molar-refractivity contribution < 1.29 is 18.3 Å². The molecule has 0 amide bonds. The quantitative estimate of drug-likeness (QED) is 0.870. The van der Waals surface area contributed by atoms with Gasteiger partial charge in [-0.1, -0.05) is 12.1 Å². The molecule has 6 nitrogen and oxygen atoms in total. The van der Waals surface area contributed by atoms with E-state index in [1.54, 1.807) is 12.1 Å². The molecule has 0 saturated carbocycles. The number of aliphatic carboxylic acids is 1. The van der Waals surface area contributed by atoms with E-state index in [4.69, 9.17) is 5.11 Å². The molecule has 2 aromatic rings. The van der Waals surface area contributed by atoms with Crippen LogP contribution in [-0.4, -0.2) is 24.5 Å². The lowest BCUT2D eigenvalue weighted by atomic mass is 10.1. The standard InChI is InChI=1S/C13H12N2O4S/c16-13(17)8-10-3-5-11(6-4-10)15-20(18,19)12-2-1-7-14-9-12/h1-7,9,15H,8H2,(H,16,17). The molecule has 0 aliphatic carbocycles. The van der Waals surface area contributed by atoms with Crippen LogP contribution in [0.4, 0.5) is 5.69 Å². The number of benzene rings is 1. The topological polar surface area (TPSA) is 96.4 Å². The van der Waals surface area contributed by atoms with Gasteiger partial charge in [-0.25, -0.2) is 8.42 Å². The predicted octanol–water partition coefficient (Wildman–Crippen LogP) is 1.51. The highest BCUT2D eigenvalue weighted by Gasteiger charge is 2.13. The lowest BCUT2D eigenvalue weighted by Gasteiger charge is -2.08. The zero-order chi connectivity index (χ0) is 14.6. The Kier molecular flexibility index (Phi) is 3.99. The van der Waals surface area contributed by atoms with Crippen molar-refractivity contribution >= 4 is 21.7 Å². The Labute approximate surface area is 116 Å². The Morgan fingerprint density at radius 3 is 2.45 bits per heavy atom. The van der Waals surface area contributed by atoms with Gasteiger partial charge in [0.05, 0.1) is 6.42 Å². The van der Waals surface area contributed by atoms with Crippen LogP contribution in [0.25, 0.3) is 0 Å². The summed E-state index contributed by atoms with van der Waals surface area (Å²) in [5.74, 6) is -0.936. The molecular formula is C13H12N2O4S. The van der Waals surface area contributed by atoms with Gasteiger partial charge in [0.1, 0.15) is 4.90 Å². The Morgan fingerprint density at radius 2 is 1.90 bits per heavy atom. The zero-order valence-electron chi connectivity index (χ0n) is 10.4. The maximum Gasteiger partial charge on any atom is 0.307 e. The number of hydrogen-bond donors (Lipinski definition) is 2. The Hall–Kier alpha value is -2.41. The van der Waals surface area contributed by atoms with Gasteiger partial charge in [-0.3, -0.25) is 14.5 Å². The molecule has 0 fully saturated rings. The number of anilines is 1. The van der Waals surface area contributed by atoms with Crippen molar-refractivity contribution in [1.82, 2.24) is 4.98 Å². The minimum absolute atomic E-state index is 0.0645. The molecular weight excluding hydrogens is 280 g/mol. The molecule has 0 atom stereocenters. The van der Waals surface area contributed by atoms with Gasteiger partial charge in [0.15, 0.2) is 0 Å². The number of hydrogen-bond acceptors (Lipinski definition) is 4. The molecule has 0 aliphatic heterocycles. The van der Waals surface area contributed by atoms with Gasteiger partial charge >= 0.3 is 5.97 Å². The second-order valence-electron chi connectivity index (χ2n) is 4.06. The Morgan fingerprint density at radius 1 is 1.20 bits per heavy atom. The van der Waals surface area contributed by atoms with E-state index in [0.29, 0.717) is 11.3 Å². The van der Waals surface area contributed by atoms with Crippen molar-refractivity contribution in [3.05, 3.63) is 54.4 Å². The molecule has 1 heterocycles. The zero-order valence-corrected chi connectivity index (χ0v) is 11.2. The molecule has 0 radical (unpaired) electrons. The molecule has 7 heteroatoms. The molecule has 0 saturated heterocycles. The third-order valence-corrected chi connectivity index (χ3v) is 3.87. The number of carboxylic acid groups (broad SMARTS) is 1. The number of pyridine rings is 1. The number of sulfonamides is 1. The Bertz CT molecular complexity index is 697. The summed E-state index contributed by atoms with van der Waals surface area (Å²) in [7, 11) is -3.68. The summed E-state index contributed by atoms with van der Waals surface area (Å²) in [6, 6.07) is 9.14. The van der Waals surface area contributed by atoms with Crippen LogP contribution in [0.5, 0.6) is 0 Å². The average Bonchev–Trinajstić information content (AvgIpc) is 2.41. The fourth-order valence-electron chi connectivity index (χ4n) is 1.59. The fraction of sp³-hybridized carbons (Fsp3) is 0.0769. The van der Waals surface area contributed by atoms with Gasteiger partial charge in [-0.05, 0) is 29.8 Å². The van der Waals surface area contributed by atoms with Crippen molar-refractivity contribution in [1.29, 1.82) is 0 Å². The second-order valence-corrected chi connectivity index (χ2v) is 5.74. The van der Waals surface area contributed by atoms with Gasteiger partial charge in [0, 0.05) is 18.1 Å². The largest absolute Gasteiger partial charge is 0.481 e. The van der Waals surface area contributed by atoms with Gasteiger partial charge < -0.3 is 5.11 Å². The average molecular weight is 292 g/mol. The summed E-state index contributed by atoms with van der Waals surface area (Å²) in [5.41, 5.74) is 0.963. The minimum atomic E-state index is -3.68. The minimum Gasteiger partial charge on any atom is -0.481 e. The fourth-order valence-corrected chi connectivity index (χ4v) is 2.61. The summed E-state index contributed by atoms with van der Waals surface area (Å²) in [5, 5.41) is 8.65. The number of rotatable bonds is 5. The van der Waals surface area contributed by atoms with Crippen molar-refractivity contribution in [3.8, 4) is 0 Å². The number of aromatic nitrogens is 1. The highest BCUT2D eigenvalue weighted by Crippen LogP contribution is 2.16. The summed E-state index contributed by atoms with van der Waals surface area (Å²) in [4.78, 5) is 14.4. The molecule has 1 aromatic heterocycles. The van der Waals surface area contributed by atoms with Crippen LogP contribution < -0.4 is 4.72 Å². The predicted molar refractivity (Wildman–Crippen MR) is 72.8 cm³/mol. The highest BCUT2D eigenvalue weighted by molar-refractivity contribution is 7.92. The first-order valence-electron chi connectivity index (χ1n) is 5.71. The first-order chi connectivity index (χ1) is 9.47. The van der Waals surface area contributed by atoms with Gasteiger partial charge in [0.25, 0.3) is 10.0 Å². The molecule has 104 valence electrons. The SMILES string of the molecule is O=C(O)Cc1ccc(NS(=O)(=O)c2cccnc2)cc1. The normalized spacial score (nSPS) is 11.0. The summed E-state index contributed by atoms with van der Waals surface area (Å²) in [6.45, 7) is 0. The highest BCUT2D eigenvalue weighted by atomic mass is 32.2. The molecule has 0 unspecified atom stereocenters. The lowest BCUT2D eigenvalue weighted by molar-refractivity contribution is -0.136. The summed E-state index contributed by atoms with van der Waals surface area (Å²) >= 11 is 0. The van der Waals surface area contributed by atoms with Crippen molar-refractivity contribution in [2.45, 2.75) is 11.3 Å². The van der Waals surface area contributed by atoms with Crippen molar-refractivity contribution in [3.63, 3.8) is 0 Å². The number of carboxylic acids is 1. The molecule has 0 spiro atoms. The van der Waals surface area contributed by atoms with E-state index in [9.17, 15) is 13.2 Å². The van der Waals surface area contributed by atoms with Crippen LogP contribution in [0.1, 0.15) is 5.56 Å². The van der Waals surface area contributed by atoms with Crippen LogP contribution in [-0.2, 0) is 21.2 Å². The third-order valence-electron chi connectivity index (χ3n) is 2.51. The van der Waals surface area contributed by atoms with Crippen molar-refractivity contribution in [2.24, 2.45) is 0 Å². The van der Waals surface area contributed by atoms with E-state index in [0.717, 1.165) is 0 Å². The maximum atomic E-state index is 12.0. The monoisotopic (exact) mass is 292 g/mol. The first kappa shape index (κ1) is 14.0. The van der Waals surface area contributed by atoms with Crippen LogP contribution in [0.3, 0.4) is 0 Å². The van der Waals surface area contributed by atoms with Crippen LogP contribution in [0, 0.1) is 0 Å². The van der Waals surface area contributed by atoms with Crippen LogP contribution in [0.2, 0.25) is 0 Å². The van der Waals surface area contributed by atoms with E-state index in [1.165, 1.54) is 36.7 Å². The van der Waals surface area contributed by atoms with Gasteiger partial charge in [-0.2, -0.15) is 0 Å². The molecule has 0 aliphatic rings. The van der Waals surface area contributed by atoms with Gasteiger partial charge in [0.2, 0.25) is 0 Å². The molecule has 20 heavy (non-hydrogen) atoms. The van der Waals surface area contributed by atoms with E-state index < -0.39 is 16.0 Å². The molecule has 2 N–H and O–H groups in total. The van der Waals surface area contributed by atoms with Gasteiger partial charge in [-0.15, -0.1) is 0 Å².